The number of carbonyl (C=O) groups is 1. The Morgan fingerprint density at radius 2 is 1.56 bits per heavy atom. The molecule has 166 valence electrons. The number of amides is 1. The minimum absolute atomic E-state index is 0.0597. The lowest BCUT2D eigenvalue weighted by Crippen LogP contribution is -2.39. The normalized spacial score (nSPS) is 15.3. The van der Waals surface area contributed by atoms with Crippen molar-refractivity contribution in [2.24, 2.45) is 0 Å². The number of aromatic nitrogens is 1. The molecule has 2 aromatic carbocycles. The summed E-state index contributed by atoms with van der Waals surface area (Å²) in [5.74, 6) is -0.552. The van der Waals surface area contributed by atoms with Crippen LogP contribution < -0.4 is 10.0 Å². The number of hydrogen-bond donors (Lipinski definition) is 2. The summed E-state index contributed by atoms with van der Waals surface area (Å²) in [5, 5.41) is 2.99. The van der Waals surface area contributed by atoms with E-state index in [1.165, 1.54) is 48.8 Å². The van der Waals surface area contributed by atoms with Crippen LogP contribution in [0.2, 0.25) is 0 Å². The number of sulfonamides is 1. The zero-order valence-corrected chi connectivity index (χ0v) is 18.2. The van der Waals surface area contributed by atoms with Gasteiger partial charge in [-0.05, 0) is 66.9 Å². The van der Waals surface area contributed by atoms with Gasteiger partial charge < -0.3 is 5.32 Å². The Morgan fingerprint density at radius 1 is 0.938 bits per heavy atom. The molecule has 0 aliphatic heterocycles. The largest absolute Gasteiger partial charge is 0.351 e. The predicted molar refractivity (Wildman–Crippen MR) is 120 cm³/mol. The molecule has 1 fully saturated rings. The molecule has 2 N–H and O–H groups in total. The lowest BCUT2D eigenvalue weighted by molar-refractivity contribution is 0.0943. The van der Waals surface area contributed by atoms with Gasteiger partial charge in [0.1, 0.15) is 5.82 Å². The van der Waals surface area contributed by atoms with Crippen LogP contribution in [0.25, 0.3) is 0 Å². The molecule has 1 heterocycles. The monoisotopic (exact) mass is 453 g/mol. The second-order valence-corrected chi connectivity index (χ2v) is 9.73. The third-order valence-electron chi connectivity index (χ3n) is 5.96. The number of anilines is 1. The molecule has 3 aromatic rings. The zero-order chi connectivity index (χ0) is 22.6. The predicted octanol–water partition coefficient (Wildman–Crippen LogP) is 4.26. The summed E-state index contributed by atoms with van der Waals surface area (Å²) in [5.41, 5.74) is 1.60. The molecule has 32 heavy (non-hydrogen) atoms. The Balaban J connectivity index is 1.44. The van der Waals surface area contributed by atoms with Gasteiger partial charge in [-0.2, -0.15) is 0 Å². The Hall–Kier alpha value is -3.26. The van der Waals surface area contributed by atoms with Crippen LogP contribution in [-0.2, 0) is 15.4 Å². The third-order valence-corrected chi connectivity index (χ3v) is 7.36. The van der Waals surface area contributed by atoms with Crippen molar-refractivity contribution >= 4 is 21.6 Å². The molecule has 1 saturated carbocycles. The highest BCUT2D eigenvalue weighted by Crippen LogP contribution is 2.40. The van der Waals surface area contributed by atoms with E-state index in [-0.39, 0.29) is 22.0 Å². The molecule has 8 heteroatoms. The minimum atomic E-state index is -3.77. The van der Waals surface area contributed by atoms with Crippen LogP contribution in [0, 0.1) is 5.82 Å². The van der Waals surface area contributed by atoms with Crippen LogP contribution >= 0.6 is 0 Å². The van der Waals surface area contributed by atoms with E-state index < -0.39 is 10.0 Å². The van der Waals surface area contributed by atoms with E-state index in [9.17, 15) is 17.6 Å². The van der Waals surface area contributed by atoms with Gasteiger partial charge in [-0.15, -0.1) is 0 Å². The highest BCUT2D eigenvalue weighted by Gasteiger charge is 2.36. The van der Waals surface area contributed by atoms with E-state index in [0.29, 0.717) is 17.8 Å². The molecule has 0 saturated heterocycles. The summed E-state index contributed by atoms with van der Waals surface area (Å²) < 4.78 is 40.9. The second-order valence-electron chi connectivity index (χ2n) is 8.04. The summed E-state index contributed by atoms with van der Waals surface area (Å²) in [6.45, 7) is 0.446. The van der Waals surface area contributed by atoms with E-state index in [0.717, 1.165) is 31.2 Å². The number of nitrogens with one attached hydrogen (secondary N) is 2. The summed E-state index contributed by atoms with van der Waals surface area (Å²) >= 11 is 0. The van der Waals surface area contributed by atoms with E-state index in [2.05, 4.69) is 15.0 Å². The van der Waals surface area contributed by atoms with Crippen molar-refractivity contribution in [3.8, 4) is 0 Å². The van der Waals surface area contributed by atoms with Gasteiger partial charge in [0.15, 0.2) is 0 Å². The minimum Gasteiger partial charge on any atom is -0.351 e. The summed E-state index contributed by atoms with van der Waals surface area (Å²) in [6, 6.07) is 15.4. The van der Waals surface area contributed by atoms with Crippen LogP contribution in [0.1, 0.15) is 41.6 Å². The quantitative estimate of drug-likeness (QED) is 0.559. The van der Waals surface area contributed by atoms with E-state index in [1.807, 2.05) is 0 Å². The number of nitrogens with zero attached hydrogens (tertiary/aromatic N) is 1. The van der Waals surface area contributed by atoms with Crippen LogP contribution in [0.5, 0.6) is 0 Å². The van der Waals surface area contributed by atoms with Gasteiger partial charge in [0.2, 0.25) is 0 Å². The van der Waals surface area contributed by atoms with Crippen LogP contribution in [0.15, 0.2) is 78.0 Å². The van der Waals surface area contributed by atoms with Crippen molar-refractivity contribution in [3.63, 3.8) is 0 Å². The highest BCUT2D eigenvalue weighted by atomic mass is 32.2. The third kappa shape index (κ3) is 4.80. The lowest BCUT2D eigenvalue weighted by Gasteiger charge is -2.30. The molecular formula is C24H24FN3O3S. The number of halogens is 1. The standard InChI is InChI=1S/C24H24FN3O3S/c25-20-7-5-19(6-8-20)24(13-1-2-14-24)17-27-23(29)18-3-9-22(10-4-18)32(30,31)28-21-11-15-26-16-12-21/h3-12,15-16H,1-2,13-14,17H2,(H,26,28)(H,27,29). The van der Waals surface area contributed by atoms with Crippen molar-refractivity contribution in [2.75, 3.05) is 11.3 Å². The smallest absolute Gasteiger partial charge is 0.261 e. The fourth-order valence-electron chi connectivity index (χ4n) is 4.19. The summed E-state index contributed by atoms with van der Waals surface area (Å²) in [4.78, 5) is 16.7. The van der Waals surface area contributed by atoms with Gasteiger partial charge in [-0.1, -0.05) is 25.0 Å². The van der Waals surface area contributed by atoms with Crippen LogP contribution in [-0.4, -0.2) is 25.9 Å². The van der Waals surface area contributed by atoms with Crippen molar-refractivity contribution in [2.45, 2.75) is 36.0 Å². The topological polar surface area (TPSA) is 88.2 Å². The molecule has 1 aliphatic rings. The maximum absolute atomic E-state index is 13.4. The lowest BCUT2D eigenvalue weighted by atomic mass is 9.78. The van der Waals surface area contributed by atoms with E-state index >= 15 is 0 Å². The van der Waals surface area contributed by atoms with Gasteiger partial charge in [-0.3, -0.25) is 14.5 Å². The van der Waals surface area contributed by atoms with Crippen LogP contribution in [0.4, 0.5) is 10.1 Å². The van der Waals surface area contributed by atoms with Crippen molar-refractivity contribution < 1.29 is 17.6 Å². The fourth-order valence-corrected chi connectivity index (χ4v) is 5.25. The fraction of sp³-hybridized carbons (Fsp3) is 0.250. The Morgan fingerprint density at radius 3 is 2.19 bits per heavy atom. The molecule has 0 atom stereocenters. The van der Waals surface area contributed by atoms with E-state index in [1.54, 1.807) is 24.3 Å². The van der Waals surface area contributed by atoms with Gasteiger partial charge in [0, 0.05) is 29.9 Å². The molecular weight excluding hydrogens is 429 g/mol. The number of hydrogen-bond acceptors (Lipinski definition) is 4. The number of carbonyl (C=O) groups excluding carboxylic acids is 1. The van der Waals surface area contributed by atoms with Gasteiger partial charge in [-0.25, -0.2) is 12.8 Å². The number of benzene rings is 2. The SMILES string of the molecule is O=C(NCC1(c2ccc(F)cc2)CCCC1)c1ccc(S(=O)(=O)Nc2ccncc2)cc1. The number of rotatable bonds is 7. The van der Waals surface area contributed by atoms with Gasteiger partial charge >= 0.3 is 0 Å². The molecule has 0 bridgehead atoms. The Bertz CT molecular complexity index is 1180. The first kappa shape index (κ1) is 22.0. The second kappa shape index (κ2) is 9.08. The molecule has 1 aromatic heterocycles. The van der Waals surface area contributed by atoms with Crippen molar-refractivity contribution in [1.29, 1.82) is 0 Å². The molecule has 6 nitrogen and oxygen atoms in total. The van der Waals surface area contributed by atoms with Crippen molar-refractivity contribution in [3.05, 3.63) is 90.0 Å². The molecule has 1 aliphatic carbocycles. The average Bonchev–Trinajstić information content (AvgIpc) is 3.28. The van der Waals surface area contributed by atoms with Gasteiger partial charge in [0.05, 0.1) is 10.6 Å². The number of pyridine rings is 1. The first-order valence-electron chi connectivity index (χ1n) is 10.5. The molecule has 4 rings (SSSR count). The summed E-state index contributed by atoms with van der Waals surface area (Å²) in [7, 11) is -3.77. The molecule has 0 spiro atoms. The van der Waals surface area contributed by atoms with Crippen molar-refractivity contribution in [1.82, 2.24) is 10.3 Å². The summed E-state index contributed by atoms with van der Waals surface area (Å²) in [6.07, 6.45) is 6.96. The highest BCUT2D eigenvalue weighted by molar-refractivity contribution is 7.92. The van der Waals surface area contributed by atoms with E-state index in [4.69, 9.17) is 0 Å². The Labute approximate surface area is 187 Å². The average molecular weight is 454 g/mol. The van der Waals surface area contributed by atoms with Gasteiger partial charge in [0.25, 0.3) is 15.9 Å². The first-order chi connectivity index (χ1) is 15.4. The van der Waals surface area contributed by atoms with Crippen LogP contribution in [0.3, 0.4) is 0 Å². The zero-order valence-electron chi connectivity index (χ0n) is 17.4. The molecule has 0 unspecified atom stereocenters. The Kier molecular flexibility index (Phi) is 6.23. The first-order valence-corrected chi connectivity index (χ1v) is 11.9. The maximum Gasteiger partial charge on any atom is 0.261 e. The maximum atomic E-state index is 13.4. The molecule has 1 amide bonds. The molecule has 0 radical (unpaired) electrons.